The van der Waals surface area contributed by atoms with Crippen LogP contribution in [0.25, 0.3) is 16.9 Å². The van der Waals surface area contributed by atoms with Crippen LogP contribution in [0.1, 0.15) is 28.0 Å². The summed E-state index contributed by atoms with van der Waals surface area (Å²) < 4.78 is 42.6. The molecule has 150 valence electrons. The van der Waals surface area contributed by atoms with E-state index in [1.54, 1.807) is 0 Å². The maximum absolute atomic E-state index is 13.6. The maximum Gasteiger partial charge on any atom is 0.280 e. The molecule has 0 unspecified atom stereocenters. The maximum atomic E-state index is 13.6. The van der Waals surface area contributed by atoms with Gasteiger partial charge in [-0.25, -0.2) is 22.7 Å². The highest BCUT2D eigenvalue weighted by molar-refractivity contribution is 6.08. The zero-order valence-corrected chi connectivity index (χ0v) is 15.3. The van der Waals surface area contributed by atoms with Crippen LogP contribution in [0.2, 0.25) is 0 Å². The van der Waals surface area contributed by atoms with Gasteiger partial charge in [-0.3, -0.25) is 9.48 Å². The van der Waals surface area contributed by atoms with E-state index in [2.05, 4.69) is 20.5 Å². The standard InChI is InChI=1S/C19H12F3N7O/c1-28-17(11(7-23)8-24-28)27-19(30)13-9-25-29-15(16(21)22)6-14(26-18(13)29)10-2-4-12(20)5-3-10/h2-6,8-9,16H,1H3,(H,27,30). The Labute approximate surface area is 167 Å². The molecule has 0 saturated carbocycles. The SMILES string of the molecule is Cn1ncc(C#N)c1NC(=O)c1cnn2c(C(F)F)cc(-c3ccc(F)cc3)nc12. The molecule has 0 atom stereocenters. The number of aromatic nitrogens is 5. The third-order valence-electron chi connectivity index (χ3n) is 4.40. The zero-order valence-electron chi connectivity index (χ0n) is 15.3. The molecule has 1 N–H and O–H groups in total. The lowest BCUT2D eigenvalue weighted by Gasteiger charge is -2.09. The molecule has 1 aromatic carbocycles. The van der Waals surface area contributed by atoms with Crippen molar-refractivity contribution in [1.29, 1.82) is 5.26 Å². The van der Waals surface area contributed by atoms with Gasteiger partial charge in [-0.2, -0.15) is 15.5 Å². The molecule has 8 nitrogen and oxygen atoms in total. The normalized spacial score (nSPS) is 11.1. The number of benzene rings is 1. The number of alkyl halides is 2. The van der Waals surface area contributed by atoms with E-state index in [-0.39, 0.29) is 28.3 Å². The fourth-order valence-electron chi connectivity index (χ4n) is 2.91. The molecule has 0 radical (unpaired) electrons. The highest BCUT2D eigenvalue weighted by Gasteiger charge is 2.23. The summed E-state index contributed by atoms with van der Waals surface area (Å²) in [7, 11) is 1.53. The van der Waals surface area contributed by atoms with E-state index in [0.29, 0.717) is 5.56 Å². The zero-order chi connectivity index (χ0) is 21.4. The number of nitriles is 1. The number of halogens is 3. The van der Waals surface area contributed by atoms with Crippen molar-refractivity contribution in [3.05, 3.63) is 65.4 Å². The molecule has 0 aliphatic carbocycles. The van der Waals surface area contributed by atoms with Crippen molar-refractivity contribution in [2.24, 2.45) is 7.05 Å². The Bertz CT molecular complexity index is 1300. The molecular formula is C19H12F3N7O. The Morgan fingerprint density at radius 3 is 2.60 bits per heavy atom. The smallest absolute Gasteiger partial charge is 0.280 e. The summed E-state index contributed by atoms with van der Waals surface area (Å²) in [6.45, 7) is 0. The van der Waals surface area contributed by atoms with Crippen LogP contribution in [-0.4, -0.2) is 30.3 Å². The van der Waals surface area contributed by atoms with Crippen molar-refractivity contribution in [2.45, 2.75) is 6.43 Å². The summed E-state index contributed by atoms with van der Waals surface area (Å²) >= 11 is 0. The third-order valence-corrected chi connectivity index (χ3v) is 4.40. The lowest BCUT2D eigenvalue weighted by molar-refractivity contribution is 0.102. The van der Waals surface area contributed by atoms with Crippen LogP contribution in [0.3, 0.4) is 0 Å². The average molecular weight is 411 g/mol. The number of nitrogens with zero attached hydrogens (tertiary/aromatic N) is 6. The van der Waals surface area contributed by atoms with E-state index in [9.17, 15) is 18.0 Å². The van der Waals surface area contributed by atoms with Crippen LogP contribution < -0.4 is 5.32 Å². The summed E-state index contributed by atoms with van der Waals surface area (Å²) in [5.41, 5.74) is 0.000727. The molecule has 0 spiro atoms. The molecule has 3 heterocycles. The van der Waals surface area contributed by atoms with E-state index in [1.807, 2.05) is 6.07 Å². The third kappa shape index (κ3) is 3.24. The Hall–Kier alpha value is -4.20. The van der Waals surface area contributed by atoms with Gasteiger partial charge in [0.2, 0.25) is 0 Å². The van der Waals surface area contributed by atoms with Gasteiger partial charge < -0.3 is 5.32 Å². The number of carbonyl (C=O) groups is 1. The van der Waals surface area contributed by atoms with Gasteiger partial charge in [-0.15, -0.1) is 0 Å². The number of hydrogen-bond acceptors (Lipinski definition) is 5. The van der Waals surface area contributed by atoms with Crippen LogP contribution in [-0.2, 0) is 7.05 Å². The second-order valence-electron chi connectivity index (χ2n) is 6.26. The van der Waals surface area contributed by atoms with E-state index in [0.717, 1.165) is 16.8 Å². The molecule has 3 aromatic heterocycles. The Balaban J connectivity index is 1.83. The molecule has 4 rings (SSSR count). The van der Waals surface area contributed by atoms with Gasteiger partial charge in [0.25, 0.3) is 12.3 Å². The highest BCUT2D eigenvalue weighted by Crippen LogP contribution is 2.27. The molecule has 30 heavy (non-hydrogen) atoms. The first-order chi connectivity index (χ1) is 14.4. The van der Waals surface area contributed by atoms with Crippen LogP contribution in [0, 0.1) is 17.1 Å². The predicted molar refractivity (Wildman–Crippen MR) is 99.2 cm³/mol. The fourth-order valence-corrected chi connectivity index (χ4v) is 2.91. The van der Waals surface area contributed by atoms with Crippen molar-refractivity contribution >= 4 is 17.4 Å². The molecular weight excluding hydrogens is 399 g/mol. The summed E-state index contributed by atoms with van der Waals surface area (Å²) in [6.07, 6.45) is -0.501. The minimum atomic E-state index is -2.90. The first kappa shape index (κ1) is 19.1. The van der Waals surface area contributed by atoms with Crippen molar-refractivity contribution in [3.8, 4) is 17.3 Å². The quantitative estimate of drug-likeness (QED) is 0.555. The van der Waals surface area contributed by atoms with Gasteiger partial charge in [0.1, 0.15) is 34.5 Å². The monoisotopic (exact) mass is 411 g/mol. The van der Waals surface area contributed by atoms with Crippen LogP contribution in [0.5, 0.6) is 0 Å². The Kier molecular flexibility index (Phi) is 4.67. The molecule has 0 aliphatic rings. The first-order valence-corrected chi connectivity index (χ1v) is 8.55. The predicted octanol–water partition coefficient (Wildman–Crippen LogP) is 3.33. The van der Waals surface area contributed by atoms with Crippen molar-refractivity contribution in [3.63, 3.8) is 0 Å². The van der Waals surface area contributed by atoms with E-state index in [4.69, 9.17) is 5.26 Å². The number of hydrogen-bond donors (Lipinski definition) is 1. The number of aryl methyl sites for hydroxylation is 1. The fraction of sp³-hybridized carbons (Fsp3) is 0.105. The van der Waals surface area contributed by atoms with Crippen molar-refractivity contribution in [2.75, 3.05) is 5.32 Å². The molecule has 0 bridgehead atoms. The van der Waals surface area contributed by atoms with Crippen molar-refractivity contribution in [1.82, 2.24) is 24.4 Å². The second kappa shape index (κ2) is 7.32. The lowest BCUT2D eigenvalue weighted by Crippen LogP contribution is -2.16. The van der Waals surface area contributed by atoms with Gasteiger partial charge in [0.15, 0.2) is 5.65 Å². The molecule has 0 fully saturated rings. The summed E-state index contributed by atoms with van der Waals surface area (Å²) in [5.74, 6) is -1.04. The highest BCUT2D eigenvalue weighted by atomic mass is 19.3. The summed E-state index contributed by atoms with van der Waals surface area (Å²) in [5, 5.41) is 19.4. The lowest BCUT2D eigenvalue weighted by atomic mass is 10.1. The van der Waals surface area contributed by atoms with Gasteiger partial charge >= 0.3 is 0 Å². The number of nitrogens with one attached hydrogen (secondary N) is 1. The minimum Gasteiger partial charge on any atom is -0.305 e. The van der Waals surface area contributed by atoms with Crippen LogP contribution in [0.15, 0.2) is 42.7 Å². The Morgan fingerprint density at radius 1 is 1.20 bits per heavy atom. The second-order valence-corrected chi connectivity index (χ2v) is 6.26. The number of carbonyl (C=O) groups excluding carboxylic acids is 1. The molecule has 0 saturated heterocycles. The van der Waals surface area contributed by atoms with Crippen molar-refractivity contribution < 1.29 is 18.0 Å². The van der Waals surface area contributed by atoms with Gasteiger partial charge in [0, 0.05) is 12.6 Å². The van der Waals surface area contributed by atoms with E-state index in [1.165, 1.54) is 42.2 Å². The van der Waals surface area contributed by atoms with E-state index >= 15 is 0 Å². The number of fused-ring (bicyclic) bond motifs is 1. The molecule has 11 heteroatoms. The average Bonchev–Trinajstić information content (AvgIpc) is 3.31. The minimum absolute atomic E-state index is 0.0778. The molecule has 0 aliphatic heterocycles. The van der Waals surface area contributed by atoms with Gasteiger partial charge in [-0.05, 0) is 30.3 Å². The molecule has 4 aromatic rings. The van der Waals surface area contributed by atoms with Gasteiger partial charge in [0.05, 0.1) is 18.1 Å². The van der Waals surface area contributed by atoms with Gasteiger partial charge in [-0.1, -0.05) is 0 Å². The number of amides is 1. The summed E-state index contributed by atoms with van der Waals surface area (Å²) in [4.78, 5) is 17.1. The first-order valence-electron chi connectivity index (χ1n) is 8.55. The number of rotatable bonds is 4. The topological polar surface area (TPSA) is 101 Å². The van der Waals surface area contributed by atoms with E-state index < -0.39 is 23.8 Å². The van der Waals surface area contributed by atoms with Crippen LogP contribution >= 0.6 is 0 Å². The largest absolute Gasteiger partial charge is 0.305 e. The number of anilines is 1. The Morgan fingerprint density at radius 2 is 1.93 bits per heavy atom. The van der Waals surface area contributed by atoms with Crippen LogP contribution in [0.4, 0.5) is 19.0 Å². The molecule has 1 amide bonds. The summed E-state index contributed by atoms with van der Waals surface area (Å²) in [6, 6.07) is 8.19.